The maximum atomic E-state index is 6.13. The molecule has 50 heavy (non-hydrogen) atoms. The van der Waals surface area contributed by atoms with Crippen LogP contribution in [0.3, 0.4) is 0 Å². The third-order valence-corrected chi connectivity index (χ3v) is 9.65. The van der Waals surface area contributed by atoms with Crippen molar-refractivity contribution in [3.8, 4) is 33.7 Å². The molecule has 8 aromatic rings. The van der Waals surface area contributed by atoms with Crippen LogP contribution in [0.1, 0.15) is 17.9 Å². The normalized spacial score (nSPS) is 14.2. The molecule has 1 unspecified atom stereocenters. The first-order valence-electron chi connectivity index (χ1n) is 17.1. The van der Waals surface area contributed by atoms with Crippen molar-refractivity contribution in [3.63, 3.8) is 0 Å². The van der Waals surface area contributed by atoms with E-state index >= 15 is 0 Å². The molecule has 3 heteroatoms. The maximum Gasteiger partial charge on any atom is 0.227 e. The lowest BCUT2D eigenvalue weighted by molar-refractivity contribution is 0.620. The molecule has 0 aliphatic heterocycles. The Morgan fingerprint density at radius 3 is 1.76 bits per heavy atom. The zero-order valence-electron chi connectivity index (χ0n) is 27.5. The van der Waals surface area contributed by atoms with E-state index in [1.54, 1.807) is 0 Å². The lowest BCUT2D eigenvalue weighted by atomic mass is 9.91. The van der Waals surface area contributed by atoms with E-state index in [0.29, 0.717) is 11.8 Å². The zero-order chi connectivity index (χ0) is 33.3. The Morgan fingerprint density at radius 1 is 0.540 bits per heavy atom. The molecule has 0 fully saturated rings. The molecule has 9 rings (SSSR count). The van der Waals surface area contributed by atoms with Crippen LogP contribution in [0.25, 0.3) is 55.6 Å². The number of aromatic nitrogens is 1. The predicted molar refractivity (Wildman–Crippen MR) is 207 cm³/mol. The molecule has 1 aliphatic rings. The van der Waals surface area contributed by atoms with Crippen molar-refractivity contribution in [3.05, 3.63) is 199 Å². The molecule has 1 aliphatic carbocycles. The van der Waals surface area contributed by atoms with Gasteiger partial charge in [-0.3, -0.25) is 0 Å². The number of fused-ring (bicyclic) bond motifs is 3. The van der Waals surface area contributed by atoms with E-state index in [4.69, 9.17) is 9.40 Å². The summed E-state index contributed by atoms with van der Waals surface area (Å²) in [6.07, 6.45) is 7.94. The van der Waals surface area contributed by atoms with Crippen molar-refractivity contribution in [2.24, 2.45) is 0 Å². The van der Waals surface area contributed by atoms with Crippen LogP contribution in [-0.2, 0) is 0 Å². The third kappa shape index (κ3) is 5.69. The van der Waals surface area contributed by atoms with E-state index in [2.05, 4.69) is 157 Å². The molecular weight excluding hydrogens is 609 g/mol. The van der Waals surface area contributed by atoms with Crippen molar-refractivity contribution >= 4 is 33.2 Å². The largest absolute Gasteiger partial charge is 0.436 e. The first-order valence-corrected chi connectivity index (χ1v) is 17.1. The summed E-state index contributed by atoms with van der Waals surface area (Å²) in [6.45, 7) is 0. The van der Waals surface area contributed by atoms with Crippen LogP contribution < -0.4 is 4.90 Å². The third-order valence-electron chi connectivity index (χ3n) is 9.65. The van der Waals surface area contributed by atoms with Crippen LogP contribution in [0.5, 0.6) is 0 Å². The minimum atomic E-state index is 0.376. The smallest absolute Gasteiger partial charge is 0.227 e. The number of hydrogen-bond donors (Lipinski definition) is 0. The second-order valence-electron chi connectivity index (χ2n) is 12.8. The molecule has 1 aromatic heterocycles. The quantitative estimate of drug-likeness (QED) is 0.173. The highest BCUT2D eigenvalue weighted by Crippen LogP contribution is 2.38. The van der Waals surface area contributed by atoms with Gasteiger partial charge >= 0.3 is 0 Å². The molecule has 0 bridgehead atoms. The standard InChI is InChI=1S/C47H34N2O/c1-4-10-33(11-5-1)35-16-24-41(25-17-35)49(42-26-18-36(19-27-42)34-12-6-2-7-13-34)43-28-20-37(21-29-43)39-22-30-44-40(32-39)23-31-45-46(44)48-47(50-45)38-14-8-3-9-15-38/h1-18,20-32,36H,19H2. The van der Waals surface area contributed by atoms with E-state index in [1.807, 2.05) is 36.4 Å². The summed E-state index contributed by atoms with van der Waals surface area (Å²) in [7, 11) is 0. The highest BCUT2D eigenvalue weighted by atomic mass is 16.3. The number of rotatable bonds is 7. The topological polar surface area (TPSA) is 29.3 Å². The van der Waals surface area contributed by atoms with Gasteiger partial charge in [-0.2, -0.15) is 0 Å². The molecule has 0 amide bonds. The van der Waals surface area contributed by atoms with Crippen molar-refractivity contribution < 1.29 is 4.42 Å². The Kier molecular flexibility index (Phi) is 7.64. The molecule has 3 nitrogen and oxygen atoms in total. The molecule has 0 spiro atoms. The summed E-state index contributed by atoms with van der Waals surface area (Å²) in [6, 6.07) is 59.9. The zero-order valence-corrected chi connectivity index (χ0v) is 27.5. The Hall–Kier alpha value is -6.45. The van der Waals surface area contributed by atoms with E-state index in [0.717, 1.165) is 56.4 Å². The molecule has 1 heterocycles. The Balaban J connectivity index is 1.04. The van der Waals surface area contributed by atoms with Gasteiger partial charge in [0.2, 0.25) is 5.89 Å². The molecule has 0 N–H and O–H groups in total. The number of anilines is 2. The first kappa shape index (κ1) is 29.7. The fraction of sp³-hybridized carbons (Fsp3) is 0.0426. The molecule has 0 saturated carbocycles. The molecular formula is C47H34N2O. The predicted octanol–water partition coefficient (Wildman–Crippen LogP) is 12.7. The lowest BCUT2D eigenvalue weighted by Crippen LogP contribution is -2.17. The minimum absolute atomic E-state index is 0.376. The van der Waals surface area contributed by atoms with Crippen molar-refractivity contribution in [1.29, 1.82) is 0 Å². The van der Waals surface area contributed by atoms with Gasteiger partial charge in [-0.1, -0.05) is 133 Å². The van der Waals surface area contributed by atoms with Gasteiger partial charge in [0.15, 0.2) is 5.58 Å². The fourth-order valence-corrected chi connectivity index (χ4v) is 7.01. The van der Waals surface area contributed by atoms with Crippen LogP contribution in [0.4, 0.5) is 11.4 Å². The number of hydrogen-bond acceptors (Lipinski definition) is 3. The van der Waals surface area contributed by atoms with Gasteiger partial charge in [-0.15, -0.1) is 0 Å². The second kappa shape index (κ2) is 12.9. The van der Waals surface area contributed by atoms with Crippen molar-refractivity contribution in [2.75, 3.05) is 4.90 Å². The average Bonchev–Trinajstić information content (AvgIpc) is 3.65. The first-order chi connectivity index (χ1) is 24.8. The van der Waals surface area contributed by atoms with Gasteiger partial charge in [0.25, 0.3) is 0 Å². The average molecular weight is 643 g/mol. The highest BCUT2D eigenvalue weighted by Gasteiger charge is 2.19. The van der Waals surface area contributed by atoms with E-state index in [9.17, 15) is 0 Å². The fourth-order valence-electron chi connectivity index (χ4n) is 7.01. The highest BCUT2D eigenvalue weighted by molar-refractivity contribution is 6.05. The monoisotopic (exact) mass is 642 g/mol. The minimum Gasteiger partial charge on any atom is -0.436 e. The summed E-state index contributed by atoms with van der Waals surface area (Å²) in [5.41, 5.74) is 12.2. The molecule has 238 valence electrons. The Bertz CT molecular complexity index is 2480. The van der Waals surface area contributed by atoms with Crippen molar-refractivity contribution in [1.82, 2.24) is 4.98 Å². The summed E-state index contributed by atoms with van der Waals surface area (Å²) in [5, 5.41) is 2.22. The van der Waals surface area contributed by atoms with Crippen LogP contribution in [0.15, 0.2) is 198 Å². The van der Waals surface area contributed by atoms with E-state index in [1.165, 1.54) is 22.4 Å². The number of allylic oxidation sites excluding steroid dienone is 3. The van der Waals surface area contributed by atoms with Crippen molar-refractivity contribution in [2.45, 2.75) is 12.3 Å². The van der Waals surface area contributed by atoms with E-state index in [-0.39, 0.29) is 0 Å². The summed E-state index contributed by atoms with van der Waals surface area (Å²) in [4.78, 5) is 7.24. The number of oxazole rings is 1. The van der Waals surface area contributed by atoms with Crippen LogP contribution in [0.2, 0.25) is 0 Å². The molecule has 7 aromatic carbocycles. The van der Waals surface area contributed by atoms with Gasteiger partial charge in [0.05, 0.1) is 0 Å². The SMILES string of the molecule is C1=CC(c2ccccc2)CC=C1N(c1ccc(-c2ccccc2)cc1)c1ccc(-c2ccc3c(ccc4oc(-c5ccccc5)nc43)c2)cc1. The van der Waals surface area contributed by atoms with Gasteiger partial charge in [-0.05, 0) is 94.2 Å². The number of benzene rings is 7. The molecule has 1 atom stereocenters. The van der Waals surface area contributed by atoms with Crippen LogP contribution in [0, 0.1) is 0 Å². The van der Waals surface area contributed by atoms with Crippen LogP contribution >= 0.6 is 0 Å². The van der Waals surface area contributed by atoms with Gasteiger partial charge in [0.1, 0.15) is 5.52 Å². The summed E-state index contributed by atoms with van der Waals surface area (Å²) in [5.74, 6) is 1.02. The molecule has 0 saturated heterocycles. The van der Waals surface area contributed by atoms with Gasteiger partial charge < -0.3 is 9.32 Å². The lowest BCUT2D eigenvalue weighted by Gasteiger charge is -2.29. The van der Waals surface area contributed by atoms with Gasteiger partial charge in [-0.25, -0.2) is 4.98 Å². The second-order valence-corrected chi connectivity index (χ2v) is 12.8. The van der Waals surface area contributed by atoms with Crippen LogP contribution in [-0.4, -0.2) is 4.98 Å². The van der Waals surface area contributed by atoms with E-state index < -0.39 is 0 Å². The number of nitrogens with zero attached hydrogens (tertiary/aromatic N) is 2. The summed E-state index contributed by atoms with van der Waals surface area (Å²) >= 11 is 0. The Morgan fingerprint density at radius 2 is 1.12 bits per heavy atom. The summed E-state index contributed by atoms with van der Waals surface area (Å²) < 4.78 is 6.13. The molecule has 0 radical (unpaired) electrons. The maximum absolute atomic E-state index is 6.13. The van der Waals surface area contributed by atoms with Gasteiger partial charge in [0, 0.05) is 33.9 Å². The Labute approximate surface area is 292 Å².